The largest absolute Gasteiger partial charge is 0.469 e. The van der Waals surface area contributed by atoms with Gasteiger partial charge in [-0.15, -0.1) is 0 Å². The third kappa shape index (κ3) is 3.55. The highest BCUT2D eigenvalue weighted by molar-refractivity contribution is 6.34. The third-order valence-corrected chi connectivity index (χ3v) is 3.45. The van der Waals surface area contributed by atoms with Crippen LogP contribution in [0, 0.1) is 0 Å². The Balaban J connectivity index is 2.12. The Labute approximate surface area is 123 Å². The van der Waals surface area contributed by atoms with E-state index in [9.17, 15) is 0 Å². The van der Waals surface area contributed by atoms with Crippen molar-refractivity contribution in [2.24, 2.45) is 0 Å². The molecule has 0 bridgehead atoms. The van der Waals surface area contributed by atoms with Crippen LogP contribution in [0.25, 0.3) is 0 Å². The Morgan fingerprint density at radius 2 is 1.74 bits per heavy atom. The molecule has 2 aromatic rings. The first-order valence-electron chi connectivity index (χ1n) is 5.97. The minimum Gasteiger partial charge on any atom is -0.469 e. The fraction of sp³-hybridized carbons (Fsp3) is 0.200. The first-order valence-corrected chi connectivity index (χ1v) is 6.73. The summed E-state index contributed by atoms with van der Waals surface area (Å²) in [5, 5.41) is 1.16. The standard InChI is InChI=1S/C15H15Cl2NO/c1-11(18(2)13-6-4-3-5-7-13)19-15-10-12(16)8-9-14(15)17/h3-11H,1-2H3. The second-order valence-corrected chi connectivity index (χ2v) is 5.08. The number of anilines is 1. The van der Waals surface area contributed by atoms with Crippen LogP contribution in [-0.2, 0) is 0 Å². The molecule has 0 spiro atoms. The fourth-order valence-corrected chi connectivity index (χ4v) is 2.03. The number of nitrogens with zero attached hydrogens (tertiary/aromatic N) is 1. The van der Waals surface area contributed by atoms with Gasteiger partial charge in [-0.25, -0.2) is 0 Å². The van der Waals surface area contributed by atoms with Crippen molar-refractivity contribution in [2.75, 3.05) is 11.9 Å². The molecular formula is C15H15Cl2NO. The number of para-hydroxylation sites is 1. The van der Waals surface area contributed by atoms with Crippen LogP contribution in [0.4, 0.5) is 5.69 Å². The highest BCUT2D eigenvalue weighted by Gasteiger charge is 2.13. The first-order chi connectivity index (χ1) is 9.08. The molecule has 2 nitrogen and oxygen atoms in total. The van der Waals surface area contributed by atoms with Gasteiger partial charge in [-0.05, 0) is 31.2 Å². The molecule has 2 rings (SSSR count). The molecule has 0 fully saturated rings. The lowest BCUT2D eigenvalue weighted by Gasteiger charge is -2.27. The lowest BCUT2D eigenvalue weighted by Crippen LogP contribution is -2.33. The van der Waals surface area contributed by atoms with Gasteiger partial charge in [-0.3, -0.25) is 0 Å². The van der Waals surface area contributed by atoms with E-state index in [0.717, 1.165) is 5.69 Å². The van der Waals surface area contributed by atoms with Crippen LogP contribution in [0.1, 0.15) is 6.92 Å². The lowest BCUT2D eigenvalue weighted by atomic mass is 10.3. The van der Waals surface area contributed by atoms with Gasteiger partial charge >= 0.3 is 0 Å². The van der Waals surface area contributed by atoms with E-state index in [1.807, 2.05) is 49.2 Å². The normalized spacial score (nSPS) is 12.0. The summed E-state index contributed by atoms with van der Waals surface area (Å²) in [6.45, 7) is 1.96. The zero-order valence-corrected chi connectivity index (χ0v) is 12.3. The molecule has 0 aliphatic carbocycles. The molecule has 0 heterocycles. The Hall–Kier alpha value is -1.38. The van der Waals surface area contributed by atoms with Gasteiger partial charge in [0.25, 0.3) is 0 Å². The smallest absolute Gasteiger partial charge is 0.169 e. The van der Waals surface area contributed by atoms with Crippen LogP contribution in [0.15, 0.2) is 48.5 Å². The molecular weight excluding hydrogens is 281 g/mol. The van der Waals surface area contributed by atoms with E-state index < -0.39 is 0 Å². The molecule has 2 aromatic carbocycles. The molecule has 0 radical (unpaired) electrons. The van der Waals surface area contributed by atoms with Crippen molar-refractivity contribution >= 4 is 28.9 Å². The minimum atomic E-state index is -0.154. The molecule has 0 saturated heterocycles. The van der Waals surface area contributed by atoms with Crippen LogP contribution < -0.4 is 9.64 Å². The predicted octanol–water partition coefficient (Wildman–Crippen LogP) is 4.85. The summed E-state index contributed by atoms with van der Waals surface area (Å²) < 4.78 is 5.85. The van der Waals surface area contributed by atoms with E-state index in [-0.39, 0.29) is 6.23 Å². The van der Waals surface area contributed by atoms with Gasteiger partial charge in [-0.1, -0.05) is 41.4 Å². The molecule has 0 aliphatic heterocycles. The topological polar surface area (TPSA) is 12.5 Å². The number of ether oxygens (including phenoxy) is 1. The minimum absolute atomic E-state index is 0.154. The average Bonchev–Trinajstić information content (AvgIpc) is 2.43. The summed E-state index contributed by atoms with van der Waals surface area (Å²) in [7, 11) is 1.97. The van der Waals surface area contributed by atoms with Crippen LogP contribution in [0.3, 0.4) is 0 Å². The highest BCUT2D eigenvalue weighted by atomic mass is 35.5. The number of halogens is 2. The molecule has 0 aliphatic rings. The van der Waals surface area contributed by atoms with Crippen molar-refractivity contribution in [3.8, 4) is 5.75 Å². The fourth-order valence-electron chi connectivity index (χ4n) is 1.70. The van der Waals surface area contributed by atoms with Crippen molar-refractivity contribution in [3.05, 3.63) is 58.6 Å². The number of hydrogen-bond donors (Lipinski definition) is 0. The van der Waals surface area contributed by atoms with Crippen molar-refractivity contribution in [2.45, 2.75) is 13.2 Å². The third-order valence-electron chi connectivity index (χ3n) is 2.90. The molecule has 1 unspecified atom stereocenters. The van der Waals surface area contributed by atoms with Crippen LogP contribution in [0.5, 0.6) is 5.75 Å². The summed E-state index contributed by atoms with van der Waals surface area (Å²) in [5.41, 5.74) is 1.08. The van der Waals surface area contributed by atoms with Gasteiger partial charge in [0.2, 0.25) is 0 Å². The highest BCUT2D eigenvalue weighted by Crippen LogP contribution is 2.29. The summed E-state index contributed by atoms with van der Waals surface area (Å²) in [6, 6.07) is 15.2. The first kappa shape index (κ1) is 14.0. The van der Waals surface area contributed by atoms with Gasteiger partial charge in [0.05, 0.1) is 5.02 Å². The number of hydrogen-bond acceptors (Lipinski definition) is 2. The molecule has 100 valence electrons. The quantitative estimate of drug-likeness (QED) is 0.747. The van der Waals surface area contributed by atoms with Crippen molar-refractivity contribution in [1.29, 1.82) is 0 Å². The van der Waals surface area contributed by atoms with E-state index in [4.69, 9.17) is 27.9 Å². The second kappa shape index (κ2) is 6.18. The molecule has 0 amide bonds. The van der Waals surface area contributed by atoms with Crippen LogP contribution >= 0.6 is 23.2 Å². The lowest BCUT2D eigenvalue weighted by molar-refractivity contribution is 0.222. The van der Waals surface area contributed by atoms with Crippen LogP contribution in [0.2, 0.25) is 10.0 Å². The Bertz CT molecular complexity index is 545. The molecule has 1 atom stereocenters. The van der Waals surface area contributed by atoms with E-state index in [1.54, 1.807) is 18.2 Å². The summed E-state index contributed by atoms with van der Waals surface area (Å²) in [5.74, 6) is 0.587. The van der Waals surface area contributed by atoms with Crippen molar-refractivity contribution in [1.82, 2.24) is 0 Å². The maximum absolute atomic E-state index is 6.09. The zero-order valence-electron chi connectivity index (χ0n) is 10.8. The molecule has 4 heteroatoms. The van der Waals surface area contributed by atoms with Crippen LogP contribution in [-0.4, -0.2) is 13.3 Å². The Morgan fingerprint density at radius 1 is 1.05 bits per heavy atom. The average molecular weight is 296 g/mol. The second-order valence-electron chi connectivity index (χ2n) is 4.24. The maximum Gasteiger partial charge on any atom is 0.169 e. The number of rotatable bonds is 4. The maximum atomic E-state index is 6.09. The van der Waals surface area contributed by atoms with Gasteiger partial charge in [0, 0.05) is 23.8 Å². The molecule has 0 saturated carbocycles. The van der Waals surface area contributed by atoms with Gasteiger partial charge in [0.1, 0.15) is 5.75 Å². The van der Waals surface area contributed by atoms with Gasteiger partial charge < -0.3 is 9.64 Å². The Kier molecular flexibility index (Phi) is 4.56. The Morgan fingerprint density at radius 3 is 2.42 bits per heavy atom. The van der Waals surface area contributed by atoms with E-state index in [1.165, 1.54) is 0 Å². The predicted molar refractivity (Wildman–Crippen MR) is 81.4 cm³/mol. The summed E-state index contributed by atoms with van der Waals surface area (Å²) in [6.07, 6.45) is -0.154. The van der Waals surface area contributed by atoms with E-state index in [0.29, 0.717) is 15.8 Å². The monoisotopic (exact) mass is 295 g/mol. The molecule has 0 aromatic heterocycles. The SMILES string of the molecule is CC(Oc1cc(Cl)ccc1Cl)N(C)c1ccccc1. The summed E-state index contributed by atoms with van der Waals surface area (Å²) in [4.78, 5) is 2.03. The van der Waals surface area contributed by atoms with E-state index >= 15 is 0 Å². The zero-order chi connectivity index (χ0) is 13.8. The van der Waals surface area contributed by atoms with Gasteiger partial charge in [-0.2, -0.15) is 0 Å². The summed E-state index contributed by atoms with van der Waals surface area (Å²) >= 11 is 12.0. The number of benzene rings is 2. The van der Waals surface area contributed by atoms with Gasteiger partial charge in [0.15, 0.2) is 6.23 Å². The van der Waals surface area contributed by atoms with Crippen molar-refractivity contribution < 1.29 is 4.74 Å². The van der Waals surface area contributed by atoms with E-state index in [2.05, 4.69) is 0 Å². The van der Waals surface area contributed by atoms with Crippen molar-refractivity contribution in [3.63, 3.8) is 0 Å². The molecule has 19 heavy (non-hydrogen) atoms. The molecule has 0 N–H and O–H groups in total.